The molecule has 1 unspecified atom stereocenters. The minimum atomic E-state index is -4.51. The fraction of sp³-hybridized carbons (Fsp3) is 0.769. The van der Waals surface area contributed by atoms with Crippen molar-refractivity contribution in [3.05, 3.63) is 0 Å². The van der Waals surface area contributed by atoms with Crippen molar-refractivity contribution in [3.63, 3.8) is 0 Å². The van der Waals surface area contributed by atoms with Crippen molar-refractivity contribution in [3.8, 4) is 0 Å². The van der Waals surface area contributed by atoms with Crippen LogP contribution in [0.5, 0.6) is 0 Å². The second-order valence-corrected chi connectivity index (χ2v) is 5.91. The molecular formula is C13H17F3N2O4. The molecule has 2 rings (SSSR count). The number of carbonyl (C=O) groups excluding carboxylic acids is 2. The molecule has 0 aromatic rings. The number of hydrogen-bond acceptors (Lipinski definition) is 3. The second-order valence-electron chi connectivity index (χ2n) is 5.91. The Morgan fingerprint density at radius 2 is 1.82 bits per heavy atom. The standard InChI is InChI=1S/C13H17F3N2O4/c14-13(15,16)7-17-9(19)5-10(20)18-3-1-12(2-4-18)6-8(12)11(21)22/h8H,1-7H2,(H,17,19)(H,21,22). The lowest BCUT2D eigenvalue weighted by Crippen LogP contribution is -2.43. The van der Waals surface area contributed by atoms with Gasteiger partial charge >= 0.3 is 12.1 Å². The van der Waals surface area contributed by atoms with Crippen LogP contribution in [0.2, 0.25) is 0 Å². The summed E-state index contributed by atoms with van der Waals surface area (Å²) in [5, 5.41) is 10.6. The van der Waals surface area contributed by atoms with Crippen LogP contribution in [-0.4, -0.2) is 53.6 Å². The van der Waals surface area contributed by atoms with Crippen molar-refractivity contribution in [2.75, 3.05) is 19.6 Å². The number of carbonyl (C=O) groups is 3. The summed E-state index contributed by atoms with van der Waals surface area (Å²) in [6.07, 6.45) is -3.41. The van der Waals surface area contributed by atoms with E-state index in [1.165, 1.54) is 4.90 Å². The highest BCUT2D eigenvalue weighted by molar-refractivity contribution is 5.96. The number of hydrogen-bond donors (Lipinski definition) is 2. The van der Waals surface area contributed by atoms with Gasteiger partial charge < -0.3 is 15.3 Å². The van der Waals surface area contributed by atoms with Crippen LogP contribution in [0.4, 0.5) is 13.2 Å². The lowest BCUT2D eigenvalue weighted by molar-refractivity contribution is -0.144. The number of carboxylic acids is 1. The summed E-state index contributed by atoms with van der Waals surface area (Å²) in [6.45, 7) is -0.771. The van der Waals surface area contributed by atoms with Crippen molar-refractivity contribution in [2.45, 2.75) is 31.9 Å². The number of nitrogens with one attached hydrogen (secondary N) is 1. The normalized spacial score (nSPS) is 23.2. The van der Waals surface area contributed by atoms with E-state index < -0.39 is 36.9 Å². The van der Waals surface area contributed by atoms with E-state index in [0.29, 0.717) is 32.4 Å². The molecular weight excluding hydrogens is 305 g/mol. The Labute approximate surface area is 124 Å². The van der Waals surface area contributed by atoms with Gasteiger partial charge in [-0.3, -0.25) is 14.4 Å². The lowest BCUT2D eigenvalue weighted by Gasteiger charge is -2.32. The molecule has 2 amide bonds. The van der Waals surface area contributed by atoms with Crippen molar-refractivity contribution in [1.29, 1.82) is 0 Å². The SMILES string of the molecule is O=C(CC(=O)N1CCC2(CC1)CC2C(=O)O)NCC(F)(F)F. The Morgan fingerprint density at radius 3 is 2.27 bits per heavy atom. The van der Waals surface area contributed by atoms with E-state index in [1.807, 2.05) is 0 Å². The van der Waals surface area contributed by atoms with E-state index in [1.54, 1.807) is 5.32 Å². The Morgan fingerprint density at radius 1 is 1.23 bits per heavy atom. The van der Waals surface area contributed by atoms with Gasteiger partial charge in [-0.2, -0.15) is 13.2 Å². The molecule has 1 spiro atoms. The van der Waals surface area contributed by atoms with E-state index in [9.17, 15) is 27.6 Å². The highest BCUT2D eigenvalue weighted by Gasteiger charge is 2.59. The molecule has 22 heavy (non-hydrogen) atoms. The van der Waals surface area contributed by atoms with Crippen LogP contribution in [0.15, 0.2) is 0 Å². The van der Waals surface area contributed by atoms with Crippen molar-refractivity contribution in [1.82, 2.24) is 10.2 Å². The van der Waals surface area contributed by atoms with Gasteiger partial charge in [0.15, 0.2) is 0 Å². The highest BCUT2D eigenvalue weighted by Crippen LogP contribution is 2.59. The van der Waals surface area contributed by atoms with Crippen LogP contribution >= 0.6 is 0 Å². The van der Waals surface area contributed by atoms with Gasteiger partial charge in [0.25, 0.3) is 0 Å². The molecule has 2 fully saturated rings. The predicted octanol–water partition coefficient (Wildman–Crippen LogP) is 0.768. The average Bonchev–Trinajstić information content (AvgIpc) is 3.10. The summed E-state index contributed by atoms with van der Waals surface area (Å²) in [6, 6.07) is 0. The molecule has 9 heteroatoms. The summed E-state index contributed by atoms with van der Waals surface area (Å²) < 4.78 is 35.8. The fourth-order valence-electron chi connectivity index (χ4n) is 2.96. The number of nitrogens with zero attached hydrogens (tertiary/aromatic N) is 1. The van der Waals surface area contributed by atoms with E-state index in [-0.39, 0.29) is 11.3 Å². The van der Waals surface area contributed by atoms with Crippen LogP contribution in [0.25, 0.3) is 0 Å². The van der Waals surface area contributed by atoms with Crippen molar-refractivity contribution >= 4 is 17.8 Å². The first-order valence-corrected chi connectivity index (χ1v) is 6.97. The third kappa shape index (κ3) is 3.89. The van der Waals surface area contributed by atoms with Gasteiger partial charge in [0.2, 0.25) is 11.8 Å². The molecule has 1 saturated carbocycles. The Hall–Kier alpha value is -1.80. The summed E-state index contributed by atoms with van der Waals surface area (Å²) in [5.74, 6) is -2.68. The number of aliphatic carboxylic acids is 1. The summed E-state index contributed by atoms with van der Waals surface area (Å²) >= 11 is 0. The quantitative estimate of drug-likeness (QED) is 0.749. The van der Waals surface area contributed by atoms with Crippen LogP contribution in [0, 0.1) is 11.3 Å². The zero-order valence-electron chi connectivity index (χ0n) is 11.8. The first-order valence-electron chi connectivity index (χ1n) is 6.97. The van der Waals surface area contributed by atoms with Crippen LogP contribution in [-0.2, 0) is 14.4 Å². The van der Waals surface area contributed by atoms with Gasteiger partial charge in [-0.1, -0.05) is 0 Å². The average molecular weight is 322 g/mol. The molecule has 0 bridgehead atoms. The van der Waals surface area contributed by atoms with Gasteiger partial charge in [-0.25, -0.2) is 0 Å². The third-order valence-corrected chi connectivity index (χ3v) is 4.40. The first kappa shape index (κ1) is 16.6. The number of rotatable bonds is 4. The smallest absolute Gasteiger partial charge is 0.405 e. The zero-order valence-corrected chi connectivity index (χ0v) is 11.8. The van der Waals surface area contributed by atoms with E-state index in [4.69, 9.17) is 5.11 Å². The predicted molar refractivity (Wildman–Crippen MR) is 67.7 cm³/mol. The maximum atomic E-state index is 11.9. The molecule has 0 aromatic carbocycles. The van der Waals surface area contributed by atoms with E-state index in [2.05, 4.69) is 0 Å². The topological polar surface area (TPSA) is 86.7 Å². The molecule has 2 N–H and O–H groups in total. The number of alkyl halides is 3. The van der Waals surface area contributed by atoms with Gasteiger partial charge in [-0.15, -0.1) is 0 Å². The van der Waals surface area contributed by atoms with Gasteiger partial charge in [0, 0.05) is 13.1 Å². The number of likely N-dealkylation sites (tertiary alicyclic amines) is 1. The molecule has 1 heterocycles. The number of halogens is 3. The van der Waals surface area contributed by atoms with Crippen LogP contribution in [0.3, 0.4) is 0 Å². The van der Waals surface area contributed by atoms with Crippen LogP contribution < -0.4 is 5.32 Å². The minimum absolute atomic E-state index is 0.235. The van der Waals surface area contributed by atoms with Crippen LogP contribution in [0.1, 0.15) is 25.7 Å². The van der Waals surface area contributed by atoms with E-state index in [0.717, 1.165) is 0 Å². The Bertz CT molecular complexity index is 484. The maximum Gasteiger partial charge on any atom is 0.405 e. The number of carboxylic acid groups (broad SMARTS) is 1. The monoisotopic (exact) mass is 322 g/mol. The minimum Gasteiger partial charge on any atom is -0.481 e. The van der Waals surface area contributed by atoms with Gasteiger partial charge in [0.1, 0.15) is 13.0 Å². The van der Waals surface area contributed by atoms with Gasteiger partial charge in [-0.05, 0) is 24.7 Å². The molecule has 1 saturated heterocycles. The summed E-state index contributed by atoms with van der Waals surface area (Å²) in [7, 11) is 0. The number of amides is 2. The van der Waals surface area contributed by atoms with Crippen molar-refractivity contribution in [2.24, 2.45) is 11.3 Å². The fourth-order valence-corrected chi connectivity index (χ4v) is 2.96. The zero-order chi connectivity index (χ0) is 16.5. The third-order valence-electron chi connectivity index (χ3n) is 4.40. The molecule has 124 valence electrons. The number of piperidine rings is 1. The molecule has 0 aromatic heterocycles. The molecule has 1 aliphatic heterocycles. The summed E-state index contributed by atoms with van der Waals surface area (Å²) in [4.78, 5) is 35.5. The first-order chi connectivity index (χ1) is 10.1. The summed E-state index contributed by atoms with van der Waals surface area (Å²) in [5.41, 5.74) is -0.235. The molecule has 2 aliphatic rings. The largest absolute Gasteiger partial charge is 0.481 e. The molecule has 6 nitrogen and oxygen atoms in total. The van der Waals surface area contributed by atoms with Crippen molar-refractivity contribution < 1.29 is 32.7 Å². The molecule has 1 aliphatic carbocycles. The second kappa shape index (κ2) is 5.77. The Balaban J connectivity index is 1.74. The highest BCUT2D eigenvalue weighted by atomic mass is 19.4. The Kier molecular flexibility index (Phi) is 4.35. The van der Waals surface area contributed by atoms with Gasteiger partial charge in [0.05, 0.1) is 5.92 Å². The molecule has 0 radical (unpaired) electrons. The van der Waals surface area contributed by atoms with E-state index >= 15 is 0 Å². The maximum absolute atomic E-state index is 11.9. The lowest BCUT2D eigenvalue weighted by atomic mass is 9.90. The molecule has 1 atom stereocenters.